The summed E-state index contributed by atoms with van der Waals surface area (Å²) >= 11 is 11.3. The Kier molecular flexibility index (Phi) is 4.29. The fourth-order valence-electron chi connectivity index (χ4n) is 1.14. The normalized spacial score (nSPS) is 11.2. The number of rotatable bonds is 4. The van der Waals surface area contributed by atoms with Gasteiger partial charge in [0.05, 0.1) is 16.4 Å². The van der Waals surface area contributed by atoms with E-state index in [2.05, 4.69) is 4.72 Å². The Bertz CT molecular complexity index is 474. The van der Waals surface area contributed by atoms with Crippen LogP contribution in [0.3, 0.4) is 0 Å². The van der Waals surface area contributed by atoms with Crippen LogP contribution in [0.5, 0.6) is 0 Å². The standard InChI is InChI=1S/C9H12Cl2N2O2S/c1-13(2)9-4-3-7(5-8(9)11)12-16(14,15)6-10/h3-5,12H,6H2,1-2H3. The van der Waals surface area contributed by atoms with Crippen molar-refractivity contribution >= 4 is 44.6 Å². The van der Waals surface area contributed by atoms with Crippen molar-refractivity contribution < 1.29 is 8.42 Å². The number of benzene rings is 1. The van der Waals surface area contributed by atoms with E-state index < -0.39 is 15.2 Å². The number of alkyl halides is 1. The molecule has 1 aromatic rings. The van der Waals surface area contributed by atoms with Crippen LogP contribution in [0.2, 0.25) is 5.02 Å². The molecule has 0 saturated heterocycles. The number of anilines is 2. The van der Waals surface area contributed by atoms with Gasteiger partial charge in [-0.1, -0.05) is 11.6 Å². The lowest BCUT2D eigenvalue weighted by atomic mass is 10.3. The maximum absolute atomic E-state index is 11.2. The quantitative estimate of drug-likeness (QED) is 0.863. The zero-order valence-corrected chi connectivity index (χ0v) is 11.2. The first-order valence-electron chi connectivity index (χ1n) is 4.39. The van der Waals surface area contributed by atoms with Gasteiger partial charge in [-0.3, -0.25) is 4.72 Å². The Morgan fingerprint density at radius 3 is 2.44 bits per heavy atom. The maximum atomic E-state index is 11.2. The summed E-state index contributed by atoms with van der Waals surface area (Å²) in [5.41, 5.74) is 1.21. The molecule has 0 atom stereocenters. The fraction of sp³-hybridized carbons (Fsp3) is 0.333. The molecule has 0 aliphatic heterocycles. The molecule has 0 aliphatic carbocycles. The van der Waals surface area contributed by atoms with Crippen LogP contribution >= 0.6 is 23.2 Å². The largest absolute Gasteiger partial charge is 0.376 e. The molecule has 90 valence electrons. The molecule has 0 aromatic heterocycles. The Balaban J connectivity index is 2.99. The minimum atomic E-state index is -3.48. The molecule has 0 saturated carbocycles. The molecule has 0 heterocycles. The van der Waals surface area contributed by atoms with Crippen molar-refractivity contribution in [1.29, 1.82) is 0 Å². The van der Waals surface area contributed by atoms with Gasteiger partial charge >= 0.3 is 0 Å². The third kappa shape index (κ3) is 3.43. The van der Waals surface area contributed by atoms with E-state index in [4.69, 9.17) is 23.2 Å². The SMILES string of the molecule is CN(C)c1ccc(NS(=O)(=O)CCl)cc1Cl. The Labute approximate surface area is 105 Å². The number of halogens is 2. The van der Waals surface area contributed by atoms with Crippen molar-refractivity contribution in [3.05, 3.63) is 23.2 Å². The maximum Gasteiger partial charge on any atom is 0.246 e. The van der Waals surface area contributed by atoms with E-state index in [1.165, 1.54) is 0 Å². The van der Waals surface area contributed by atoms with E-state index in [0.29, 0.717) is 10.7 Å². The lowest BCUT2D eigenvalue weighted by Crippen LogP contribution is -2.14. The summed E-state index contributed by atoms with van der Waals surface area (Å²) in [5.74, 6) is 0. The smallest absolute Gasteiger partial charge is 0.246 e. The van der Waals surface area contributed by atoms with E-state index in [0.717, 1.165) is 5.69 Å². The molecule has 16 heavy (non-hydrogen) atoms. The molecule has 0 unspecified atom stereocenters. The second kappa shape index (κ2) is 5.12. The molecule has 0 spiro atoms. The molecule has 4 nitrogen and oxygen atoms in total. The summed E-state index contributed by atoms with van der Waals surface area (Å²) in [4.78, 5) is 1.84. The zero-order chi connectivity index (χ0) is 12.3. The number of nitrogens with one attached hydrogen (secondary N) is 1. The molecular formula is C9H12Cl2N2O2S. The Morgan fingerprint density at radius 2 is 2.00 bits per heavy atom. The highest BCUT2D eigenvalue weighted by atomic mass is 35.5. The third-order valence-corrected chi connectivity index (χ3v) is 3.85. The van der Waals surface area contributed by atoms with Crippen LogP contribution in [-0.4, -0.2) is 27.7 Å². The summed E-state index contributed by atoms with van der Waals surface area (Å²) in [6.45, 7) is 0. The Hall–Kier alpha value is -0.650. The van der Waals surface area contributed by atoms with Crippen LogP contribution in [0.15, 0.2) is 18.2 Å². The van der Waals surface area contributed by atoms with E-state index in [1.807, 2.05) is 19.0 Å². The summed E-state index contributed by atoms with van der Waals surface area (Å²) in [6, 6.07) is 4.90. The van der Waals surface area contributed by atoms with Crippen molar-refractivity contribution in [2.24, 2.45) is 0 Å². The molecule has 0 fully saturated rings. The van der Waals surface area contributed by atoms with Crippen LogP contribution in [0.1, 0.15) is 0 Å². The topological polar surface area (TPSA) is 49.4 Å². The predicted octanol–water partition coefficient (Wildman–Crippen LogP) is 2.34. The van der Waals surface area contributed by atoms with Crippen molar-refractivity contribution in [2.75, 3.05) is 28.9 Å². The van der Waals surface area contributed by atoms with Gasteiger partial charge in [0.15, 0.2) is 0 Å². The minimum Gasteiger partial charge on any atom is -0.376 e. The number of hydrogen-bond donors (Lipinski definition) is 1. The van der Waals surface area contributed by atoms with Gasteiger partial charge in [-0.2, -0.15) is 0 Å². The van der Waals surface area contributed by atoms with Crippen molar-refractivity contribution in [3.63, 3.8) is 0 Å². The average Bonchev–Trinajstić information content (AvgIpc) is 2.16. The van der Waals surface area contributed by atoms with Crippen molar-refractivity contribution in [3.8, 4) is 0 Å². The lowest BCUT2D eigenvalue weighted by Gasteiger charge is -2.15. The monoisotopic (exact) mass is 282 g/mol. The zero-order valence-electron chi connectivity index (χ0n) is 8.87. The molecule has 1 N–H and O–H groups in total. The first-order valence-corrected chi connectivity index (χ1v) is 6.95. The fourth-order valence-corrected chi connectivity index (χ4v) is 2.19. The van der Waals surface area contributed by atoms with Gasteiger partial charge in [-0.05, 0) is 18.2 Å². The van der Waals surface area contributed by atoms with Crippen molar-refractivity contribution in [2.45, 2.75) is 0 Å². The average molecular weight is 283 g/mol. The van der Waals surface area contributed by atoms with Gasteiger partial charge < -0.3 is 4.90 Å². The summed E-state index contributed by atoms with van der Waals surface area (Å²) in [6.07, 6.45) is 0. The van der Waals surface area contributed by atoms with Crippen LogP contribution in [-0.2, 0) is 10.0 Å². The second-order valence-electron chi connectivity index (χ2n) is 3.39. The first-order chi connectivity index (χ1) is 7.35. The van der Waals surface area contributed by atoms with Gasteiger partial charge in [-0.25, -0.2) is 8.42 Å². The molecule has 1 aromatic carbocycles. The summed E-state index contributed by atoms with van der Waals surface area (Å²) in [7, 11) is 0.223. The van der Waals surface area contributed by atoms with E-state index in [9.17, 15) is 8.42 Å². The van der Waals surface area contributed by atoms with E-state index in [1.54, 1.807) is 18.2 Å². The van der Waals surface area contributed by atoms with Crippen LogP contribution in [0, 0.1) is 0 Å². The van der Waals surface area contributed by atoms with Gasteiger partial charge in [0.1, 0.15) is 5.21 Å². The summed E-state index contributed by atoms with van der Waals surface area (Å²) < 4.78 is 24.7. The highest BCUT2D eigenvalue weighted by Gasteiger charge is 2.10. The van der Waals surface area contributed by atoms with Gasteiger partial charge in [-0.15, -0.1) is 11.6 Å². The van der Waals surface area contributed by atoms with Crippen molar-refractivity contribution in [1.82, 2.24) is 0 Å². The molecule has 0 radical (unpaired) electrons. The third-order valence-electron chi connectivity index (χ3n) is 1.85. The number of hydrogen-bond acceptors (Lipinski definition) is 3. The molecule has 7 heteroatoms. The van der Waals surface area contributed by atoms with Crippen LogP contribution in [0.4, 0.5) is 11.4 Å². The second-order valence-corrected chi connectivity index (χ2v) is 6.10. The molecule has 0 bridgehead atoms. The van der Waals surface area contributed by atoms with E-state index >= 15 is 0 Å². The van der Waals surface area contributed by atoms with Gasteiger partial charge in [0.25, 0.3) is 0 Å². The molecule has 0 aliphatic rings. The summed E-state index contributed by atoms with van der Waals surface area (Å²) in [5, 5.41) is -0.0140. The molecule has 0 amide bonds. The van der Waals surface area contributed by atoms with Gasteiger partial charge in [0.2, 0.25) is 10.0 Å². The highest BCUT2D eigenvalue weighted by molar-refractivity contribution is 7.93. The van der Waals surface area contributed by atoms with Gasteiger partial charge in [0, 0.05) is 14.1 Å². The number of sulfonamides is 1. The Morgan fingerprint density at radius 1 is 1.38 bits per heavy atom. The molecular weight excluding hydrogens is 271 g/mol. The molecule has 1 rings (SSSR count). The number of nitrogens with zero attached hydrogens (tertiary/aromatic N) is 1. The lowest BCUT2D eigenvalue weighted by molar-refractivity contribution is 0.605. The predicted molar refractivity (Wildman–Crippen MR) is 69.0 cm³/mol. The highest BCUT2D eigenvalue weighted by Crippen LogP contribution is 2.27. The van der Waals surface area contributed by atoms with Crippen LogP contribution in [0.25, 0.3) is 0 Å². The van der Waals surface area contributed by atoms with E-state index in [-0.39, 0.29) is 0 Å². The minimum absolute atomic E-state index is 0.399. The van der Waals surface area contributed by atoms with Crippen LogP contribution < -0.4 is 9.62 Å². The first kappa shape index (κ1) is 13.4.